The summed E-state index contributed by atoms with van der Waals surface area (Å²) in [6.07, 6.45) is -9.82. The van der Waals surface area contributed by atoms with Gasteiger partial charge in [0.2, 0.25) is 0 Å². The predicted molar refractivity (Wildman–Crippen MR) is 119 cm³/mol. The fraction of sp³-hybridized carbons (Fsp3) is 0.130. The number of nitrogens with one attached hydrogen (secondary N) is 2. The quantitative estimate of drug-likeness (QED) is 0.274. The lowest BCUT2D eigenvalue weighted by atomic mass is 10.1. The number of anilines is 4. The molecule has 0 atom stereocenters. The Morgan fingerprint density at radius 3 is 1.80 bits per heavy atom. The van der Waals surface area contributed by atoms with Crippen molar-refractivity contribution in [2.75, 3.05) is 22.1 Å². The number of hydrogen-bond donors (Lipinski definition) is 4. The average Bonchev–Trinajstić information content (AvgIpc) is 2.75. The van der Waals surface area contributed by atoms with E-state index in [0.29, 0.717) is 23.4 Å². The molecule has 35 heavy (non-hydrogen) atoms. The number of hydrogen-bond acceptors (Lipinski definition) is 4. The maximum Gasteiger partial charge on any atom is 0.418 e. The Morgan fingerprint density at radius 1 is 0.686 bits per heavy atom. The van der Waals surface area contributed by atoms with Gasteiger partial charge in [-0.25, -0.2) is 0 Å². The predicted octanol–water partition coefficient (Wildman–Crippen LogP) is 5.70. The Kier molecular flexibility index (Phi) is 6.68. The number of amides is 2. The van der Waals surface area contributed by atoms with Crippen molar-refractivity contribution < 1.29 is 35.9 Å². The van der Waals surface area contributed by atoms with Gasteiger partial charge in [0, 0.05) is 28.2 Å². The van der Waals surface area contributed by atoms with Crippen molar-refractivity contribution in [2.24, 2.45) is 0 Å². The zero-order valence-electron chi connectivity index (χ0n) is 17.9. The number of alkyl halides is 6. The summed E-state index contributed by atoms with van der Waals surface area (Å²) in [7, 11) is 0. The summed E-state index contributed by atoms with van der Waals surface area (Å²) < 4.78 is 80.2. The highest BCUT2D eigenvalue weighted by atomic mass is 19.4. The summed E-state index contributed by atoms with van der Waals surface area (Å²) in [6, 6.07) is 9.17. The van der Waals surface area contributed by atoms with Crippen LogP contribution in [0.4, 0.5) is 49.1 Å². The molecule has 3 aromatic rings. The number of nitrogen functional groups attached to an aromatic ring is 2. The minimum absolute atomic E-state index is 0.159. The van der Waals surface area contributed by atoms with Crippen LogP contribution in [0.15, 0.2) is 54.6 Å². The molecule has 3 rings (SSSR count). The number of carbonyl (C=O) groups is 2. The summed E-state index contributed by atoms with van der Waals surface area (Å²) >= 11 is 0. The third kappa shape index (κ3) is 5.83. The van der Waals surface area contributed by atoms with Crippen molar-refractivity contribution in [2.45, 2.75) is 19.3 Å². The van der Waals surface area contributed by atoms with Crippen LogP contribution in [-0.4, -0.2) is 11.8 Å². The van der Waals surface area contributed by atoms with Gasteiger partial charge in [-0.15, -0.1) is 0 Å². The smallest absolute Gasteiger partial charge is 0.399 e. The Bertz CT molecular complexity index is 1300. The Hall–Kier alpha value is -4.22. The third-order valence-corrected chi connectivity index (χ3v) is 4.98. The number of nitrogens with two attached hydrogens (primary N) is 2. The van der Waals surface area contributed by atoms with Gasteiger partial charge in [0.1, 0.15) is 0 Å². The Labute approximate surface area is 194 Å². The zero-order valence-corrected chi connectivity index (χ0v) is 17.9. The molecule has 0 saturated carbocycles. The van der Waals surface area contributed by atoms with Crippen LogP contribution >= 0.6 is 0 Å². The lowest BCUT2D eigenvalue weighted by Gasteiger charge is -2.17. The number of rotatable bonds is 4. The summed E-state index contributed by atoms with van der Waals surface area (Å²) in [4.78, 5) is 24.8. The molecule has 3 aromatic carbocycles. The topological polar surface area (TPSA) is 110 Å². The highest BCUT2D eigenvalue weighted by Gasteiger charge is 2.36. The first-order valence-electron chi connectivity index (χ1n) is 9.83. The number of aryl methyl sites for hydroxylation is 1. The first-order valence-corrected chi connectivity index (χ1v) is 9.83. The van der Waals surface area contributed by atoms with Crippen LogP contribution in [0.2, 0.25) is 0 Å². The maximum absolute atomic E-state index is 13.7. The lowest BCUT2D eigenvalue weighted by molar-refractivity contribution is -0.137. The molecule has 0 saturated heterocycles. The van der Waals surface area contributed by atoms with Crippen molar-refractivity contribution in [3.8, 4) is 0 Å². The normalized spacial score (nSPS) is 11.7. The maximum atomic E-state index is 13.7. The fourth-order valence-corrected chi connectivity index (χ4v) is 3.12. The van der Waals surface area contributed by atoms with Crippen molar-refractivity contribution in [1.29, 1.82) is 0 Å². The van der Waals surface area contributed by atoms with Gasteiger partial charge in [0.25, 0.3) is 11.8 Å². The van der Waals surface area contributed by atoms with E-state index in [9.17, 15) is 35.9 Å². The van der Waals surface area contributed by atoms with Crippen LogP contribution in [0, 0.1) is 6.92 Å². The molecule has 0 aliphatic rings. The monoisotopic (exact) mass is 496 g/mol. The van der Waals surface area contributed by atoms with Crippen LogP contribution in [-0.2, 0) is 12.4 Å². The molecular weight excluding hydrogens is 478 g/mol. The first-order chi connectivity index (χ1) is 16.2. The molecular formula is C23H18F6N4O2. The van der Waals surface area contributed by atoms with E-state index in [0.717, 1.165) is 24.3 Å². The number of benzene rings is 3. The van der Waals surface area contributed by atoms with Gasteiger partial charge in [-0.1, -0.05) is 0 Å². The summed E-state index contributed by atoms with van der Waals surface area (Å²) in [5.41, 5.74) is 7.44. The molecule has 6 nitrogen and oxygen atoms in total. The van der Waals surface area contributed by atoms with E-state index in [1.807, 2.05) is 5.32 Å². The average molecular weight is 496 g/mol. The highest BCUT2D eigenvalue weighted by molar-refractivity contribution is 6.06. The molecule has 0 aliphatic heterocycles. The van der Waals surface area contributed by atoms with Crippen molar-refractivity contribution in [3.63, 3.8) is 0 Å². The second-order valence-electron chi connectivity index (χ2n) is 7.54. The van der Waals surface area contributed by atoms with E-state index in [4.69, 9.17) is 11.5 Å². The van der Waals surface area contributed by atoms with E-state index in [2.05, 4.69) is 5.32 Å². The van der Waals surface area contributed by atoms with Crippen molar-refractivity contribution >= 4 is 34.6 Å². The number of carbonyl (C=O) groups excluding carboxylic acids is 2. The fourth-order valence-electron chi connectivity index (χ4n) is 3.12. The van der Waals surface area contributed by atoms with E-state index in [1.165, 1.54) is 18.2 Å². The van der Waals surface area contributed by atoms with Gasteiger partial charge in [-0.3, -0.25) is 9.59 Å². The van der Waals surface area contributed by atoms with Gasteiger partial charge in [-0.2, -0.15) is 26.3 Å². The lowest BCUT2D eigenvalue weighted by Crippen LogP contribution is -2.19. The Morgan fingerprint density at radius 2 is 1.23 bits per heavy atom. The van der Waals surface area contributed by atoms with Crippen molar-refractivity contribution in [1.82, 2.24) is 0 Å². The van der Waals surface area contributed by atoms with Crippen molar-refractivity contribution in [3.05, 3.63) is 82.4 Å². The zero-order chi connectivity index (χ0) is 26.1. The molecule has 6 N–H and O–H groups in total. The van der Waals surface area contributed by atoms with Crippen LogP contribution in [0.1, 0.15) is 37.4 Å². The van der Waals surface area contributed by atoms with Gasteiger partial charge in [0.05, 0.1) is 16.8 Å². The molecule has 0 bridgehead atoms. The molecule has 0 unspecified atom stereocenters. The summed E-state index contributed by atoms with van der Waals surface area (Å²) in [5, 5.41) is 4.29. The minimum atomic E-state index is -4.96. The van der Waals surface area contributed by atoms with Crippen LogP contribution < -0.4 is 22.1 Å². The van der Waals surface area contributed by atoms with Gasteiger partial charge in [-0.05, 0) is 67.1 Å². The summed E-state index contributed by atoms with van der Waals surface area (Å²) in [5.74, 6) is -1.91. The van der Waals surface area contributed by atoms with E-state index >= 15 is 0 Å². The SMILES string of the molecule is Cc1cc(C(=O)Nc2ccc(NC(=O)c3ccc(N)c(C(F)(F)F)c3)c(C(F)(F)F)c2)ccc1N. The first kappa shape index (κ1) is 25.4. The van der Waals surface area contributed by atoms with Crippen LogP contribution in [0.5, 0.6) is 0 Å². The summed E-state index contributed by atoms with van der Waals surface area (Å²) in [6.45, 7) is 1.66. The Balaban J connectivity index is 1.89. The largest absolute Gasteiger partial charge is 0.418 e. The molecule has 0 spiro atoms. The molecule has 12 heteroatoms. The standard InChI is InChI=1S/C23H18F6N4O2/c1-11-8-12(2-5-17(11)30)20(34)32-14-4-7-19(16(10-14)23(27,28)29)33-21(35)13-3-6-18(31)15(9-13)22(24,25)26/h2-10H,30-31H2,1H3,(H,32,34)(H,33,35). The molecule has 0 aromatic heterocycles. The number of halogens is 6. The minimum Gasteiger partial charge on any atom is -0.399 e. The van der Waals surface area contributed by atoms with Crippen LogP contribution in [0.3, 0.4) is 0 Å². The van der Waals surface area contributed by atoms with E-state index < -0.39 is 52.2 Å². The molecule has 0 heterocycles. The third-order valence-electron chi connectivity index (χ3n) is 4.98. The second kappa shape index (κ2) is 9.20. The second-order valence-corrected chi connectivity index (χ2v) is 7.54. The molecule has 0 radical (unpaired) electrons. The van der Waals surface area contributed by atoms with E-state index in [-0.39, 0.29) is 11.3 Å². The molecule has 0 fully saturated rings. The molecule has 2 amide bonds. The van der Waals surface area contributed by atoms with E-state index in [1.54, 1.807) is 6.92 Å². The van der Waals surface area contributed by atoms with Gasteiger partial charge >= 0.3 is 12.4 Å². The van der Waals surface area contributed by atoms with Crippen LogP contribution in [0.25, 0.3) is 0 Å². The molecule has 184 valence electrons. The molecule has 0 aliphatic carbocycles. The highest BCUT2D eigenvalue weighted by Crippen LogP contribution is 2.38. The van der Waals surface area contributed by atoms with Gasteiger partial charge in [0.15, 0.2) is 0 Å². The van der Waals surface area contributed by atoms with Gasteiger partial charge < -0.3 is 22.1 Å².